The third-order valence-corrected chi connectivity index (χ3v) is 2.10. The van der Waals surface area contributed by atoms with Crippen LogP contribution in [0.25, 0.3) is 0 Å². The first-order valence-corrected chi connectivity index (χ1v) is 4.00. The molecule has 54 valence electrons. The first-order chi connectivity index (χ1) is 4.16. The minimum Gasteiger partial charge on any atom is -0.379 e. The molecule has 0 aliphatic rings. The number of hydrogen-bond donors (Lipinski definition) is 1. The van der Waals surface area contributed by atoms with E-state index in [-0.39, 0.29) is 0 Å². The maximum absolute atomic E-state index is 5.43. The molecule has 0 aliphatic carbocycles. The Labute approximate surface area is 60.9 Å². The van der Waals surface area contributed by atoms with Crippen molar-refractivity contribution < 1.29 is 0 Å². The van der Waals surface area contributed by atoms with Crippen LogP contribution >= 0.6 is 11.8 Å². The summed E-state index contributed by atoms with van der Waals surface area (Å²) in [5.74, 6) is 1.75. The Morgan fingerprint density at radius 1 is 1.67 bits per heavy atom. The van der Waals surface area contributed by atoms with Crippen LogP contribution in [0.1, 0.15) is 13.8 Å². The number of rotatable bonds is 2. The molecule has 9 heavy (non-hydrogen) atoms. The topological polar surface area (TPSA) is 38.4 Å². The van der Waals surface area contributed by atoms with E-state index in [1.54, 1.807) is 18.8 Å². The third kappa shape index (κ3) is 5.69. The Balaban J connectivity index is 3.28. The molecule has 0 aliphatic heterocycles. The number of nitrogens with two attached hydrogens (primary N) is 1. The predicted octanol–water partition coefficient (Wildman–Crippen LogP) is 1.32. The van der Waals surface area contributed by atoms with Crippen LogP contribution < -0.4 is 5.73 Å². The average Bonchev–Trinajstić information content (AvgIpc) is 1.83. The van der Waals surface area contributed by atoms with Crippen LogP contribution in [0.4, 0.5) is 0 Å². The van der Waals surface area contributed by atoms with Crippen molar-refractivity contribution in [3.05, 3.63) is 0 Å². The molecule has 0 aromatic heterocycles. The van der Waals surface area contributed by atoms with E-state index in [2.05, 4.69) is 18.8 Å². The maximum Gasteiger partial charge on any atom is 0.153 e. The van der Waals surface area contributed by atoms with E-state index in [0.717, 1.165) is 5.75 Å². The smallest absolute Gasteiger partial charge is 0.153 e. The minimum atomic E-state index is 0.684. The molecule has 2 N–H and O–H groups in total. The molecule has 0 spiro atoms. The first-order valence-electron chi connectivity index (χ1n) is 3.02. The van der Waals surface area contributed by atoms with E-state index < -0.39 is 0 Å². The van der Waals surface area contributed by atoms with Crippen LogP contribution in [0, 0.1) is 5.92 Å². The van der Waals surface area contributed by atoms with E-state index in [0.29, 0.717) is 11.1 Å². The van der Waals surface area contributed by atoms with Crippen LogP contribution in [-0.2, 0) is 0 Å². The highest BCUT2D eigenvalue weighted by atomic mass is 32.2. The Bertz CT molecular complexity index is 99.2. The van der Waals surface area contributed by atoms with Gasteiger partial charge in [0.1, 0.15) is 0 Å². The summed E-state index contributed by atoms with van der Waals surface area (Å²) in [5, 5.41) is 0.684. The summed E-state index contributed by atoms with van der Waals surface area (Å²) in [6.07, 6.45) is 0. The fourth-order valence-corrected chi connectivity index (χ4v) is 0.950. The number of thioether (sulfide) groups is 1. The van der Waals surface area contributed by atoms with Gasteiger partial charge in [0.05, 0.1) is 0 Å². The molecule has 0 atom stereocenters. The highest BCUT2D eigenvalue weighted by Crippen LogP contribution is 2.05. The Morgan fingerprint density at radius 2 is 2.22 bits per heavy atom. The summed E-state index contributed by atoms with van der Waals surface area (Å²) in [6, 6.07) is 0. The van der Waals surface area contributed by atoms with Gasteiger partial charge in [-0.25, -0.2) is 0 Å². The Hall–Kier alpha value is -0.180. The van der Waals surface area contributed by atoms with Crippen molar-refractivity contribution in [3.63, 3.8) is 0 Å². The van der Waals surface area contributed by atoms with Crippen LogP contribution in [0.15, 0.2) is 4.99 Å². The van der Waals surface area contributed by atoms with Crippen molar-refractivity contribution in [2.24, 2.45) is 16.6 Å². The molecule has 0 saturated carbocycles. The van der Waals surface area contributed by atoms with Crippen LogP contribution in [0.5, 0.6) is 0 Å². The fraction of sp³-hybridized carbons (Fsp3) is 0.833. The molecule has 0 aromatic rings. The second-order valence-electron chi connectivity index (χ2n) is 2.27. The average molecular weight is 146 g/mol. The number of nitrogens with zero attached hydrogens (tertiary/aromatic N) is 1. The highest BCUT2D eigenvalue weighted by molar-refractivity contribution is 8.13. The molecule has 0 rings (SSSR count). The van der Waals surface area contributed by atoms with Crippen molar-refractivity contribution in [2.75, 3.05) is 12.8 Å². The van der Waals surface area contributed by atoms with E-state index >= 15 is 0 Å². The van der Waals surface area contributed by atoms with Crippen LogP contribution in [-0.4, -0.2) is 18.0 Å². The maximum atomic E-state index is 5.43. The molecule has 0 saturated heterocycles. The van der Waals surface area contributed by atoms with E-state index in [1.807, 2.05) is 0 Å². The fourth-order valence-electron chi connectivity index (χ4n) is 0.317. The lowest BCUT2D eigenvalue weighted by atomic mass is 10.3. The third-order valence-electron chi connectivity index (χ3n) is 0.785. The summed E-state index contributed by atoms with van der Waals surface area (Å²) < 4.78 is 0. The van der Waals surface area contributed by atoms with Gasteiger partial charge in [-0.3, -0.25) is 4.99 Å². The van der Waals surface area contributed by atoms with Gasteiger partial charge in [0.2, 0.25) is 0 Å². The number of aliphatic imine (C=N–C) groups is 1. The lowest BCUT2D eigenvalue weighted by Crippen LogP contribution is -2.08. The van der Waals surface area contributed by atoms with Crippen molar-refractivity contribution >= 4 is 16.9 Å². The van der Waals surface area contributed by atoms with Crippen molar-refractivity contribution in [2.45, 2.75) is 13.8 Å². The van der Waals surface area contributed by atoms with E-state index in [4.69, 9.17) is 5.73 Å². The molecule has 3 heteroatoms. The SMILES string of the molecule is CN=C(N)SCC(C)C. The van der Waals surface area contributed by atoms with Crippen molar-refractivity contribution in [3.8, 4) is 0 Å². The lowest BCUT2D eigenvalue weighted by Gasteiger charge is -2.01. The zero-order chi connectivity index (χ0) is 7.28. The summed E-state index contributed by atoms with van der Waals surface area (Å²) in [7, 11) is 1.71. The van der Waals surface area contributed by atoms with Gasteiger partial charge in [-0.2, -0.15) is 0 Å². The van der Waals surface area contributed by atoms with Gasteiger partial charge in [-0.15, -0.1) is 0 Å². The van der Waals surface area contributed by atoms with Crippen molar-refractivity contribution in [1.82, 2.24) is 0 Å². The molecule has 2 nitrogen and oxygen atoms in total. The van der Waals surface area contributed by atoms with Gasteiger partial charge in [0.15, 0.2) is 5.17 Å². The van der Waals surface area contributed by atoms with Gasteiger partial charge in [0.25, 0.3) is 0 Å². The van der Waals surface area contributed by atoms with E-state index in [9.17, 15) is 0 Å². The minimum absolute atomic E-state index is 0.684. The van der Waals surface area contributed by atoms with Gasteiger partial charge >= 0.3 is 0 Å². The van der Waals surface area contributed by atoms with Gasteiger partial charge < -0.3 is 5.73 Å². The van der Waals surface area contributed by atoms with Gasteiger partial charge in [0, 0.05) is 12.8 Å². The predicted molar refractivity (Wildman–Crippen MR) is 44.8 cm³/mol. The molecule has 0 heterocycles. The summed E-state index contributed by atoms with van der Waals surface area (Å²) in [4.78, 5) is 3.82. The lowest BCUT2D eigenvalue weighted by molar-refractivity contribution is 0.752. The molecule has 0 fully saturated rings. The van der Waals surface area contributed by atoms with Gasteiger partial charge in [-0.05, 0) is 5.92 Å². The monoisotopic (exact) mass is 146 g/mol. The second kappa shape index (κ2) is 4.68. The van der Waals surface area contributed by atoms with Crippen molar-refractivity contribution in [1.29, 1.82) is 0 Å². The Morgan fingerprint density at radius 3 is 2.56 bits per heavy atom. The molecule has 0 amide bonds. The molecule has 0 radical (unpaired) electrons. The summed E-state index contributed by atoms with van der Waals surface area (Å²) in [6.45, 7) is 4.33. The van der Waals surface area contributed by atoms with Gasteiger partial charge in [-0.1, -0.05) is 25.6 Å². The van der Waals surface area contributed by atoms with E-state index in [1.165, 1.54) is 0 Å². The standard InChI is InChI=1S/C6H14N2S/c1-5(2)4-9-6(7)8-3/h5H,4H2,1-3H3,(H2,7,8). The highest BCUT2D eigenvalue weighted by Gasteiger charge is 1.95. The molecular formula is C6H14N2S. The normalized spacial score (nSPS) is 12.7. The summed E-state index contributed by atoms with van der Waals surface area (Å²) >= 11 is 1.61. The molecular weight excluding hydrogens is 132 g/mol. The Kier molecular flexibility index (Phi) is 4.58. The largest absolute Gasteiger partial charge is 0.379 e. The molecule has 0 aromatic carbocycles. The van der Waals surface area contributed by atoms with Crippen LogP contribution in [0.2, 0.25) is 0 Å². The quantitative estimate of drug-likeness (QED) is 0.471. The molecule has 0 unspecified atom stereocenters. The zero-order valence-corrected chi connectivity index (χ0v) is 7.03. The first kappa shape index (κ1) is 8.82. The summed E-state index contributed by atoms with van der Waals surface area (Å²) in [5.41, 5.74) is 5.43. The number of hydrogen-bond acceptors (Lipinski definition) is 2. The molecule has 0 bridgehead atoms. The second-order valence-corrected chi connectivity index (χ2v) is 3.31. The zero-order valence-electron chi connectivity index (χ0n) is 6.22. The number of amidine groups is 1. The van der Waals surface area contributed by atoms with Crippen LogP contribution in [0.3, 0.4) is 0 Å².